The normalized spacial score (nSPS) is 10.8. The van der Waals surface area contributed by atoms with E-state index in [4.69, 9.17) is 15.3 Å². The fraction of sp³-hybridized carbons (Fsp3) is 0.385. The first-order valence-corrected chi connectivity index (χ1v) is 5.98. The van der Waals surface area contributed by atoms with Crippen molar-refractivity contribution < 1.29 is 9.84 Å². The molecule has 2 N–H and O–H groups in total. The van der Waals surface area contributed by atoms with Gasteiger partial charge >= 0.3 is 0 Å². The Morgan fingerprint density at radius 3 is 2.94 bits per heavy atom. The molecule has 0 saturated carbocycles. The first-order valence-electron chi connectivity index (χ1n) is 5.98. The van der Waals surface area contributed by atoms with Crippen LogP contribution in [-0.4, -0.2) is 27.7 Å². The first kappa shape index (κ1) is 12.6. The molecule has 96 valence electrons. The predicted molar refractivity (Wildman–Crippen MR) is 67.7 cm³/mol. The molecule has 2 heterocycles. The summed E-state index contributed by atoms with van der Waals surface area (Å²) in [6.45, 7) is 4.35. The zero-order valence-corrected chi connectivity index (χ0v) is 10.6. The summed E-state index contributed by atoms with van der Waals surface area (Å²) in [6.07, 6.45) is 2.23. The Hall–Kier alpha value is -1.88. The number of aliphatic hydroxyl groups excluding tert-OH is 1. The standard InChI is InChI=1S/C13H17N3O2/c1-3-18-11-5-4-7-16-12(14)10(6-8-17)9(2)15-13(11)16/h4-5,7,14,17H,3,6,8H2,1-2H3. The first-order chi connectivity index (χ1) is 8.69. The molecule has 0 spiro atoms. The van der Waals surface area contributed by atoms with Gasteiger partial charge in [0.2, 0.25) is 0 Å². The molecule has 0 aromatic carbocycles. The number of nitrogens with one attached hydrogen (secondary N) is 1. The second kappa shape index (κ2) is 5.18. The largest absolute Gasteiger partial charge is 0.490 e. The van der Waals surface area contributed by atoms with Crippen molar-refractivity contribution in [3.63, 3.8) is 0 Å². The molecule has 0 saturated heterocycles. The summed E-state index contributed by atoms with van der Waals surface area (Å²) < 4.78 is 7.20. The van der Waals surface area contributed by atoms with Crippen LogP contribution in [0.4, 0.5) is 0 Å². The van der Waals surface area contributed by atoms with Crippen LogP contribution in [0.5, 0.6) is 5.75 Å². The number of nitrogens with zero attached hydrogens (tertiary/aromatic N) is 2. The molecule has 18 heavy (non-hydrogen) atoms. The van der Waals surface area contributed by atoms with Crippen LogP contribution in [-0.2, 0) is 6.42 Å². The zero-order chi connectivity index (χ0) is 13.1. The fourth-order valence-electron chi connectivity index (χ4n) is 1.99. The lowest BCUT2D eigenvalue weighted by atomic mass is 10.1. The highest BCUT2D eigenvalue weighted by atomic mass is 16.5. The number of fused-ring (bicyclic) bond motifs is 1. The van der Waals surface area contributed by atoms with Gasteiger partial charge in [-0.2, -0.15) is 0 Å². The molecule has 0 aliphatic rings. The molecule has 2 aromatic rings. The summed E-state index contributed by atoms with van der Waals surface area (Å²) in [4.78, 5) is 4.48. The van der Waals surface area contributed by atoms with Crippen LogP contribution in [0.25, 0.3) is 5.65 Å². The van der Waals surface area contributed by atoms with Crippen molar-refractivity contribution >= 4 is 5.65 Å². The minimum atomic E-state index is 0.0195. The summed E-state index contributed by atoms with van der Waals surface area (Å²) in [7, 11) is 0. The van der Waals surface area contributed by atoms with Crippen LogP contribution in [0, 0.1) is 12.3 Å². The van der Waals surface area contributed by atoms with E-state index in [2.05, 4.69) is 4.98 Å². The van der Waals surface area contributed by atoms with Gasteiger partial charge in [0, 0.05) is 30.5 Å². The Labute approximate surface area is 105 Å². The molecule has 5 heteroatoms. The SMILES string of the molecule is CCOc1cccn2c(=N)c(CCO)c(C)nc12. The highest BCUT2D eigenvalue weighted by molar-refractivity contribution is 5.54. The molecule has 0 radical (unpaired) electrons. The van der Waals surface area contributed by atoms with Crippen molar-refractivity contribution in [3.05, 3.63) is 35.1 Å². The molecule has 0 amide bonds. The third-order valence-corrected chi connectivity index (χ3v) is 2.83. The number of ether oxygens (including phenoxy) is 1. The second-order valence-corrected chi connectivity index (χ2v) is 4.00. The van der Waals surface area contributed by atoms with Gasteiger partial charge in [0.25, 0.3) is 0 Å². The number of aryl methyl sites for hydroxylation is 1. The lowest BCUT2D eigenvalue weighted by Crippen LogP contribution is -2.23. The smallest absolute Gasteiger partial charge is 0.181 e. The lowest BCUT2D eigenvalue weighted by Gasteiger charge is -2.12. The van der Waals surface area contributed by atoms with Gasteiger partial charge < -0.3 is 9.84 Å². The minimum absolute atomic E-state index is 0.0195. The van der Waals surface area contributed by atoms with E-state index in [1.807, 2.05) is 26.0 Å². The maximum absolute atomic E-state index is 9.03. The summed E-state index contributed by atoms with van der Waals surface area (Å²) in [5.41, 5.74) is 2.53. The number of pyridine rings is 1. The third-order valence-electron chi connectivity index (χ3n) is 2.83. The maximum Gasteiger partial charge on any atom is 0.181 e. The van der Waals surface area contributed by atoms with Gasteiger partial charge in [0.05, 0.1) is 6.61 Å². The van der Waals surface area contributed by atoms with Gasteiger partial charge in [-0.05, 0) is 26.0 Å². The molecule has 5 nitrogen and oxygen atoms in total. The average Bonchev–Trinajstić information content (AvgIpc) is 2.36. The van der Waals surface area contributed by atoms with Crippen LogP contribution < -0.4 is 10.2 Å². The monoisotopic (exact) mass is 247 g/mol. The van der Waals surface area contributed by atoms with Crippen molar-refractivity contribution in [2.75, 3.05) is 13.2 Å². The van der Waals surface area contributed by atoms with Crippen molar-refractivity contribution in [1.82, 2.24) is 9.38 Å². The fourth-order valence-corrected chi connectivity index (χ4v) is 1.99. The molecule has 2 aromatic heterocycles. The molecule has 0 unspecified atom stereocenters. The van der Waals surface area contributed by atoms with Gasteiger partial charge in [-0.15, -0.1) is 0 Å². The second-order valence-electron chi connectivity index (χ2n) is 4.00. The van der Waals surface area contributed by atoms with Gasteiger partial charge in [0.15, 0.2) is 11.4 Å². The Kier molecular flexibility index (Phi) is 3.62. The molecule has 0 fully saturated rings. The van der Waals surface area contributed by atoms with E-state index in [-0.39, 0.29) is 6.61 Å². The topological polar surface area (TPSA) is 70.6 Å². The maximum atomic E-state index is 9.03. The Morgan fingerprint density at radius 1 is 1.50 bits per heavy atom. The molecular weight excluding hydrogens is 230 g/mol. The van der Waals surface area contributed by atoms with E-state index in [0.717, 1.165) is 11.3 Å². The minimum Gasteiger partial charge on any atom is -0.490 e. The van der Waals surface area contributed by atoms with E-state index in [1.54, 1.807) is 10.6 Å². The molecule has 0 bridgehead atoms. The van der Waals surface area contributed by atoms with Gasteiger partial charge in [0.1, 0.15) is 5.49 Å². The van der Waals surface area contributed by atoms with E-state index in [9.17, 15) is 0 Å². The molecule has 0 aliphatic carbocycles. The Morgan fingerprint density at radius 2 is 2.28 bits per heavy atom. The van der Waals surface area contributed by atoms with E-state index >= 15 is 0 Å². The number of aliphatic hydroxyl groups is 1. The van der Waals surface area contributed by atoms with Crippen LogP contribution in [0.2, 0.25) is 0 Å². The van der Waals surface area contributed by atoms with Gasteiger partial charge in [-0.3, -0.25) is 9.81 Å². The number of rotatable bonds is 4. The summed E-state index contributed by atoms with van der Waals surface area (Å²) in [6, 6.07) is 3.67. The van der Waals surface area contributed by atoms with Crippen LogP contribution >= 0.6 is 0 Å². The quantitative estimate of drug-likeness (QED) is 0.848. The van der Waals surface area contributed by atoms with Crippen LogP contribution in [0.1, 0.15) is 18.2 Å². The summed E-state index contributed by atoms with van der Waals surface area (Å²) in [5, 5.41) is 17.2. The number of aromatic nitrogens is 2. The number of hydrogen-bond donors (Lipinski definition) is 2. The predicted octanol–water partition coefficient (Wildman–Crippen LogP) is 1.06. The van der Waals surface area contributed by atoms with Crippen LogP contribution in [0.3, 0.4) is 0 Å². The Bertz CT molecular complexity index is 619. The number of hydrogen-bond acceptors (Lipinski definition) is 4. The van der Waals surface area contributed by atoms with Crippen molar-refractivity contribution in [2.24, 2.45) is 0 Å². The van der Waals surface area contributed by atoms with Crippen LogP contribution in [0.15, 0.2) is 18.3 Å². The molecular formula is C13H17N3O2. The third kappa shape index (κ3) is 2.09. The average molecular weight is 247 g/mol. The van der Waals surface area contributed by atoms with Crippen molar-refractivity contribution in [1.29, 1.82) is 5.41 Å². The lowest BCUT2D eigenvalue weighted by molar-refractivity contribution is 0.298. The summed E-state index contributed by atoms with van der Waals surface area (Å²) >= 11 is 0. The Balaban J connectivity index is 2.73. The van der Waals surface area contributed by atoms with Crippen molar-refractivity contribution in [3.8, 4) is 5.75 Å². The van der Waals surface area contributed by atoms with E-state index < -0.39 is 0 Å². The van der Waals surface area contributed by atoms with E-state index in [0.29, 0.717) is 29.9 Å². The van der Waals surface area contributed by atoms with Crippen molar-refractivity contribution in [2.45, 2.75) is 20.3 Å². The zero-order valence-electron chi connectivity index (χ0n) is 10.6. The highest BCUT2D eigenvalue weighted by Gasteiger charge is 2.09. The van der Waals surface area contributed by atoms with Gasteiger partial charge in [-0.25, -0.2) is 4.98 Å². The van der Waals surface area contributed by atoms with E-state index in [1.165, 1.54) is 0 Å². The molecule has 0 aliphatic heterocycles. The molecule has 2 rings (SSSR count). The highest BCUT2D eigenvalue weighted by Crippen LogP contribution is 2.17. The molecule has 0 atom stereocenters. The summed E-state index contributed by atoms with van der Waals surface area (Å²) in [5.74, 6) is 0.673. The van der Waals surface area contributed by atoms with Gasteiger partial charge in [-0.1, -0.05) is 0 Å².